The molecule has 3 aromatic rings. The van der Waals surface area contributed by atoms with Crippen molar-refractivity contribution in [2.45, 2.75) is 44.1 Å². The minimum Gasteiger partial charge on any atom is -0.492 e. The van der Waals surface area contributed by atoms with Crippen molar-refractivity contribution < 1.29 is 19.0 Å². The largest absolute Gasteiger partial charge is 0.492 e. The molecule has 0 N–H and O–H groups in total. The van der Waals surface area contributed by atoms with Crippen molar-refractivity contribution in [3.05, 3.63) is 71.4 Å². The van der Waals surface area contributed by atoms with Gasteiger partial charge in [0.15, 0.2) is 0 Å². The van der Waals surface area contributed by atoms with Gasteiger partial charge in [0.1, 0.15) is 23.4 Å². The maximum Gasteiger partial charge on any atom is 0.306 e. The molecule has 0 amide bonds. The maximum atomic E-state index is 11.7. The van der Waals surface area contributed by atoms with Crippen LogP contribution in [0.15, 0.2) is 54.7 Å². The van der Waals surface area contributed by atoms with Crippen molar-refractivity contribution >= 4 is 11.8 Å². The van der Waals surface area contributed by atoms with Crippen molar-refractivity contribution in [2.75, 3.05) is 31.7 Å². The van der Waals surface area contributed by atoms with Crippen LogP contribution in [0.5, 0.6) is 11.5 Å². The molecule has 6 heteroatoms. The molecule has 0 radical (unpaired) electrons. The molecule has 0 unspecified atom stereocenters. The zero-order chi connectivity index (χ0) is 23.8. The second-order valence-corrected chi connectivity index (χ2v) is 9.58. The number of nitrogens with zero attached hydrogens (tertiary/aromatic N) is 2. The van der Waals surface area contributed by atoms with Gasteiger partial charge in [-0.1, -0.05) is 24.3 Å². The predicted octanol–water partition coefficient (Wildman–Crippen LogP) is 5.45. The van der Waals surface area contributed by atoms with Crippen LogP contribution in [0.25, 0.3) is 11.1 Å². The number of ether oxygens (including phenoxy) is 3. The third kappa shape index (κ3) is 4.11. The zero-order valence-corrected chi connectivity index (χ0v) is 20.0. The van der Waals surface area contributed by atoms with Crippen molar-refractivity contribution in [3.8, 4) is 22.6 Å². The van der Waals surface area contributed by atoms with E-state index in [1.807, 2.05) is 30.5 Å². The van der Waals surface area contributed by atoms with E-state index in [2.05, 4.69) is 29.2 Å². The molecule has 35 heavy (non-hydrogen) atoms. The molecule has 6 rings (SSSR count). The molecule has 0 saturated carbocycles. The lowest BCUT2D eigenvalue weighted by molar-refractivity contribution is -0.141. The lowest BCUT2D eigenvalue weighted by Crippen LogP contribution is -2.19. The van der Waals surface area contributed by atoms with Gasteiger partial charge in [-0.15, -0.1) is 0 Å². The Hall–Kier alpha value is -3.54. The van der Waals surface area contributed by atoms with E-state index in [9.17, 15) is 4.79 Å². The van der Waals surface area contributed by atoms with Gasteiger partial charge in [0.2, 0.25) is 0 Å². The molecule has 2 atom stereocenters. The predicted molar refractivity (Wildman–Crippen MR) is 134 cm³/mol. The first-order valence-electron chi connectivity index (χ1n) is 12.5. The molecule has 2 aliphatic heterocycles. The average Bonchev–Trinajstić information content (AvgIpc) is 3.65. The summed E-state index contributed by atoms with van der Waals surface area (Å²) in [5.41, 5.74) is 6.15. The number of carbonyl (C=O) groups excluding carboxylic acids is 1. The smallest absolute Gasteiger partial charge is 0.306 e. The summed E-state index contributed by atoms with van der Waals surface area (Å²) in [6, 6.07) is 16.8. The second-order valence-electron chi connectivity index (χ2n) is 9.58. The van der Waals surface area contributed by atoms with Crippen LogP contribution in [0, 0.1) is 0 Å². The number of rotatable bonds is 6. The van der Waals surface area contributed by atoms with Gasteiger partial charge in [0.05, 0.1) is 20.1 Å². The first-order valence-corrected chi connectivity index (χ1v) is 12.5. The lowest BCUT2D eigenvalue weighted by atomic mass is 9.96. The van der Waals surface area contributed by atoms with E-state index in [0.29, 0.717) is 13.0 Å². The zero-order valence-electron chi connectivity index (χ0n) is 20.0. The molecule has 6 nitrogen and oxygen atoms in total. The number of hydrogen-bond donors (Lipinski definition) is 0. The van der Waals surface area contributed by atoms with Gasteiger partial charge in [-0.2, -0.15) is 0 Å². The quantitative estimate of drug-likeness (QED) is 0.446. The Labute approximate surface area is 205 Å². The minimum atomic E-state index is -0.216. The number of methoxy groups -OCH3 is 1. The van der Waals surface area contributed by atoms with E-state index in [0.717, 1.165) is 48.8 Å². The highest BCUT2D eigenvalue weighted by Crippen LogP contribution is 2.44. The van der Waals surface area contributed by atoms with E-state index in [-0.39, 0.29) is 18.0 Å². The summed E-state index contributed by atoms with van der Waals surface area (Å²) < 4.78 is 17.2. The molecule has 0 bridgehead atoms. The lowest BCUT2D eigenvalue weighted by Gasteiger charge is -2.21. The topological polar surface area (TPSA) is 60.9 Å². The maximum absolute atomic E-state index is 11.7. The first kappa shape index (κ1) is 22.0. The fourth-order valence-corrected chi connectivity index (χ4v) is 5.73. The SMILES string of the molecule is COC(=O)C[C@@H]1COc2cc(O[C@@H]3CCc4c(-c5cccnc5N5CCCC5)cccc43)ccc21. The van der Waals surface area contributed by atoms with Crippen LogP contribution < -0.4 is 14.4 Å². The van der Waals surface area contributed by atoms with Gasteiger partial charge in [-0.25, -0.2) is 4.98 Å². The molecular weight excluding hydrogens is 440 g/mol. The second kappa shape index (κ2) is 9.25. The van der Waals surface area contributed by atoms with Crippen molar-refractivity contribution in [1.82, 2.24) is 4.98 Å². The molecule has 1 aliphatic carbocycles. The average molecular weight is 471 g/mol. The molecule has 1 aromatic heterocycles. The molecule has 1 fully saturated rings. The van der Waals surface area contributed by atoms with E-state index in [1.165, 1.54) is 42.2 Å². The van der Waals surface area contributed by atoms with Gasteiger partial charge < -0.3 is 19.1 Å². The number of fused-ring (bicyclic) bond motifs is 2. The highest BCUT2D eigenvalue weighted by atomic mass is 16.5. The Kier molecular flexibility index (Phi) is 5.80. The monoisotopic (exact) mass is 470 g/mol. The summed E-state index contributed by atoms with van der Waals surface area (Å²) in [6.07, 6.45) is 6.61. The Morgan fingerprint density at radius 2 is 1.94 bits per heavy atom. The van der Waals surface area contributed by atoms with Crippen LogP contribution in [0.4, 0.5) is 5.82 Å². The highest BCUT2D eigenvalue weighted by Gasteiger charge is 2.30. The normalized spacial score (nSPS) is 20.3. The summed E-state index contributed by atoms with van der Waals surface area (Å²) in [7, 11) is 1.42. The van der Waals surface area contributed by atoms with E-state index in [4.69, 9.17) is 19.2 Å². The van der Waals surface area contributed by atoms with Crippen molar-refractivity contribution in [3.63, 3.8) is 0 Å². The van der Waals surface area contributed by atoms with Crippen LogP contribution in [0.2, 0.25) is 0 Å². The van der Waals surface area contributed by atoms with E-state index < -0.39 is 0 Å². The van der Waals surface area contributed by atoms with Gasteiger partial charge in [-0.3, -0.25) is 4.79 Å². The third-order valence-corrected chi connectivity index (χ3v) is 7.48. The summed E-state index contributed by atoms with van der Waals surface area (Å²) in [4.78, 5) is 18.9. The molecule has 3 heterocycles. The molecule has 3 aliphatic rings. The van der Waals surface area contributed by atoms with Crippen LogP contribution in [0.3, 0.4) is 0 Å². The Balaban J connectivity index is 1.25. The first-order chi connectivity index (χ1) is 17.2. The number of aromatic nitrogens is 1. The summed E-state index contributed by atoms with van der Waals surface area (Å²) >= 11 is 0. The summed E-state index contributed by atoms with van der Waals surface area (Å²) in [6.45, 7) is 2.64. The number of hydrogen-bond acceptors (Lipinski definition) is 6. The highest BCUT2D eigenvalue weighted by molar-refractivity contribution is 5.79. The fourth-order valence-electron chi connectivity index (χ4n) is 5.73. The fraction of sp³-hybridized carbons (Fsp3) is 0.379. The molecule has 2 aromatic carbocycles. The third-order valence-electron chi connectivity index (χ3n) is 7.48. The van der Waals surface area contributed by atoms with Crippen molar-refractivity contribution in [2.24, 2.45) is 0 Å². The van der Waals surface area contributed by atoms with Gasteiger partial charge in [0, 0.05) is 42.4 Å². The number of pyridine rings is 1. The van der Waals surface area contributed by atoms with Gasteiger partial charge in [0.25, 0.3) is 0 Å². The number of carbonyl (C=O) groups is 1. The van der Waals surface area contributed by atoms with Gasteiger partial charge >= 0.3 is 5.97 Å². The Morgan fingerprint density at radius 3 is 2.80 bits per heavy atom. The molecule has 1 saturated heterocycles. The van der Waals surface area contributed by atoms with E-state index in [1.54, 1.807) is 0 Å². The van der Waals surface area contributed by atoms with Crippen molar-refractivity contribution in [1.29, 1.82) is 0 Å². The van der Waals surface area contributed by atoms with Crippen LogP contribution in [-0.4, -0.2) is 37.8 Å². The molecular formula is C29H30N2O4. The van der Waals surface area contributed by atoms with Gasteiger partial charge in [-0.05, 0) is 60.6 Å². The molecule has 0 spiro atoms. The van der Waals surface area contributed by atoms with E-state index >= 15 is 0 Å². The minimum absolute atomic E-state index is 0.00202. The summed E-state index contributed by atoms with van der Waals surface area (Å²) in [5.74, 6) is 2.51. The van der Waals surface area contributed by atoms with Crippen LogP contribution in [0.1, 0.15) is 54.4 Å². The molecule has 180 valence electrons. The standard InChI is InChI=1S/C29H30N2O4/c1-33-28(32)16-19-18-34-27-17-20(9-10-21(19)27)35-26-12-11-23-22(6-4-7-24(23)26)25-8-5-13-30-29(25)31-14-2-3-15-31/h4-10,13,17,19,26H,2-3,11-12,14-16,18H2,1H3/t19-,26-/m1/s1. The summed E-state index contributed by atoms with van der Waals surface area (Å²) in [5, 5.41) is 0. The van der Waals surface area contributed by atoms with Crippen LogP contribution in [-0.2, 0) is 16.0 Å². The number of benzene rings is 2. The number of anilines is 1. The number of esters is 1. The Morgan fingerprint density at radius 1 is 1.09 bits per heavy atom. The Bertz CT molecular complexity index is 1250. The van der Waals surface area contributed by atoms with Crippen LogP contribution >= 0.6 is 0 Å².